The highest BCUT2D eigenvalue weighted by atomic mass is 14.9. The second kappa shape index (κ2) is 11.5. The van der Waals surface area contributed by atoms with Gasteiger partial charge in [0.05, 0.1) is 0 Å². The number of unbranched alkanes of at least 4 members (excludes halogenated alkanes) is 2. The molecule has 1 aliphatic rings. The zero-order valence-electron chi connectivity index (χ0n) is 17.9. The average molecular weight is 355 g/mol. The number of nitrogens with one attached hydrogen (secondary N) is 4. The highest BCUT2D eigenvalue weighted by Gasteiger charge is 2.35. The van der Waals surface area contributed by atoms with E-state index in [9.17, 15) is 0 Å². The summed E-state index contributed by atoms with van der Waals surface area (Å²) in [5.74, 6) is 1.84. The van der Waals surface area contributed by atoms with Gasteiger partial charge in [0.1, 0.15) is 0 Å². The normalized spacial score (nSPS) is 20.9. The van der Waals surface area contributed by atoms with E-state index in [2.05, 4.69) is 62.8 Å². The molecule has 4 heteroatoms. The van der Waals surface area contributed by atoms with Crippen molar-refractivity contribution in [2.24, 2.45) is 11.8 Å². The molecule has 1 aliphatic carbocycles. The second-order valence-corrected chi connectivity index (χ2v) is 9.93. The molecule has 4 N–H and O–H groups in total. The van der Waals surface area contributed by atoms with E-state index < -0.39 is 0 Å². The molecule has 0 heterocycles. The van der Waals surface area contributed by atoms with Crippen LogP contribution in [0.3, 0.4) is 0 Å². The lowest BCUT2D eigenvalue weighted by Gasteiger charge is -2.20. The summed E-state index contributed by atoms with van der Waals surface area (Å²) < 4.78 is 0. The molecule has 4 nitrogen and oxygen atoms in total. The number of rotatable bonds is 14. The largest absolute Gasteiger partial charge is 0.316 e. The van der Waals surface area contributed by atoms with Gasteiger partial charge >= 0.3 is 0 Å². The van der Waals surface area contributed by atoms with Crippen molar-refractivity contribution >= 4 is 0 Å². The quantitative estimate of drug-likeness (QED) is 0.362. The SMILES string of the molecule is CC(C)(C)NCCCCNC[C@@H]1C[C@H]1CNCCCCNC(C)(C)C. The first-order valence-electron chi connectivity index (χ1n) is 10.6. The number of hydrogen-bond acceptors (Lipinski definition) is 4. The van der Waals surface area contributed by atoms with Crippen LogP contribution < -0.4 is 21.3 Å². The molecule has 0 aromatic heterocycles. The van der Waals surface area contributed by atoms with E-state index in [4.69, 9.17) is 0 Å². The summed E-state index contributed by atoms with van der Waals surface area (Å²) in [5, 5.41) is 14.4. The minimum atomic E-state index is 0.255. The molecule has 25 heavy (non-hydrogen) atoms. The van der Waals surface area contributed by atoms with Gasteiger partial charge < -0.3 is 21.3 Å². The molecule has 1 rings (SSSR count). The summed E-state index contributed by atoms with van der Waals surface area (Å²) in [4.78, 5) is 0. The predicted octanol–water partition coefficient (Wildman–Crippen LogP) is 3.14. The Hall–Kier alpha value is -0.160. The van der Waals surface area contributed by atoms with Gasteiger partial charge in [-0.25, -0.2) is 0 Å². The van der Waals surface area contributed by atoms with Gasteiger partial charge in [0.2, 0.25) is 0 Å². The molecule has 2 atom stereocenters. The van der Waals surface area contributed by atoms with Gasteiger partial charge in [-0.05, 0) is 125 Å². The van der Waals surface area contributed by atoms with Gasteiger partial charge in [-0.3, -0.25) is 0 Å². The van der Waals surface area contributed by atoms with Gasteiger partial charge in [-0.1, -0.05) is 0 Å². The Balaban J connectivity index is 1.80. The first kappa shape index (κ1) is 22.9. The Morgan fingerprint density at radius 2 is 0.960 bits per heavy atom. The third-order valence-corrected chi connectivity index (χ3v) is 4.75. The molecule has 0 bridgehead atoms. The standard InChI is InChI=1S/C21H46N4/c1-20(2,3)24-13-9-7-11-22-16-18-15-19(18)17-23-12-8-10-14-25-21(4,5)6/h18-19,22-25H,7-17H2,1-6H3/t18-,19-/m0/s1. The van der Waals surface area contributed by atoms with Crippen molar-refractivity contribution in [1.82, 2.24) is 21.3 Å². The highest BCUT2D eigenvalue weighted by molar-refractivity contribution is 4.89. The van der Waals surface area contributed by atoms with E-state index in [1.54, 1.807) is 0 Å². The molecule has 0 aromatic carbocycles. The fraction of sp³-hybridized carbons (Fsp3) is 1.00. The van der Waals surface area contributed by atoms with Crippen molar-refractivity contribution in [2.75, 3.05) is 39.3 Å². The fourth-order valence-corrected chi connectivity index (χ4v) is 3.06. The van der Waals surface area contributed by atoms with Crippen molar-refractivity contribution in [3.8, 4) is 0 Å². The Morgan fingerprint density at radius 1 is 0.600 bits per heavy atom. The molecule has 0 aliphatic heterocycles. The summed E-state index contributed by atoms with van der Waals surface area (Å²) in [6.45, 7) is 20.4. The van der Waals surface area contributed by atoms with Crippen LogP contribution in [-0.2, 0) is 0 Å². The monoisotopic (exact) mass is 354 g/mol. The summed E-state index contributed by atoms with van der Waals surface area (Å²) in [5.41, 5.74) is 0.509. The van der Waals surface area contributed by atoms with E-state index in [1.807, 2.05) is 0 Å². The van der Waals surface area contributed by atoms with Crippen molar-refractivity contribution in [2.45, 2.75) is 84.7 Å². The van der Waals surface area contributed by atoms with Crippen LogP contribution >= 0.6 is 0 Å². The van der Waals surface area contributed by atoms with Crippen molar-refractivity contribution in [1.29, 1.82) is 0 Å². The smallest absolute Gasteiger partial charge is 0.00965 e. The average Bonchev–Trinajstić information content (AvgIpc) is 3.21. The molecule has 0 amide bonds. The summed E-state index contributed by atoms with van der Waals surface area (Å²) in [6.07, 6.45) is 6.51. The molecule has 0 aromatic rings. The van der Waals surface area contributed by atoms with Crippen molar-refractivity contribution in [3.63, 3.8) is 0 Å². The van der Waals surface area contributed by atoms with Gasteiger partial charge in [0.25, 0.3) is 0 Å². The maximum Gasteiger partial charge on any atom is 0.00965 e. The van der Waals surface area contributed by atoms with Crippen LogP contribution in [0.15, 0.2) is 0 Å². The first-order valence-corrected chi connectivity index (χ1v) is 10.6. The number of hydrogen-bond donors (Lipinski definition) is 4. The van der Waals surface area contributed by atoms with Gasteiger partial charge in [0.15, 0.2) is 0 Å². The second-order valence-electron chi connectivity index (χ2n) is 9.93. The van der Waals surface area contributed by atoms with Crippen LogP contribution in [0.25, 0.3) is 0 Å². The molecule has 0 saturated heterocycles. The van der Waals surface area contributed by atoms with Crippen LogP contribution in [0.5, 0.6) is 0 Å². The molecule has 1 saturated carbocycles. The fourth-order valence-electron chi connectivity index (χ4n) is 3.06. The molecular weight excluding hydrogens is 308 g/mol. The zero-order chi connectivity index (χ0) is 18.8. The third-order valence-electron chi connectivity index (χ3n) is 4.75. The third kappa shape index (κ3) is 14.7. The highest BCUT2D eigenvalue weighted by Crippen LogP contribution is 2.37. The van der Waals surface area contributed by atoms with Crippen molar-refractivity contribution < 1.29 is 0 Å². The van der Waals surface area contributed by atoms with Crippen LogP contribution in [0.4, 0.5) is 0 Å². The van der Waals surface area contributed by atoms with Crippen molar-refractivity contribution in [3.05, 3.63) is 0 Å². The first-order chi connectivity index (χ1) is 11.7. The molecule has 0 unspecified atom stereocenters. The Bertz CT molecular complexity index is 298. The summed E-state index contributed by atoms with van der Waals surface area (Å²) >= 11 is 0. The maximum atomic E-state index is 3.64. The molecule has 0 radical (unpaired) electrons. The van der Waals surface area contributed by atoms with E-state index in [-0.39, 0.29) is 11.1 Å². The van der Waals surface area contributed by atoms with Gasteiger partial charge in [-0.2, -0.15) is 0 Å². The Labute approximate surface area is 157 Å². The molecule has 150 valence electrons. The Morgan fingerprint density at radius 3 is 1.32 bits per heavy atom. The van der Waals surface area contributed by atoms with E-state index in [1.165, 1.54) is 58.3 Å². The zero-order valence-corrected chi connectivity index (χ0v) is 17.9. The Kier molecular flexibility index (Phi) is 10.6. The van der Waals surface area contributed by atoms with Crippen LogP contribution in [0.2, 0.25) is 0 Å². The minimum Gasteiger partial charge on any atom is -0.316 e. The van der Waals surface area contributed by atoms with Gasteiger partial charge in [0, 0.05) is 11.1 Å². The van der Waals surface area contributed by atoms with Crippen LogP contribution in [-0.4, -0.2) is 50.3 Å². The topological polar surface area (TPSA) is 48.1 Å². The molecule has 1 fully saturated rings. The van der Waals surface area contributed by atoms with Crippen LogP contribution in [0.1, 0.15) is 73.6 Å². The van der Waals surface area contributed by atoms with E-state index in [0.717, 1.165) is 24.9 Å². The summed E-state index contributed by atoms with van der Waals surface area (Å²) in [6, 6.07) is 0. The van der Waals surface area contributed by atoms with E-state index in [0.29, 0.717) is 0 Å². The van der Waals surface area contributed by atoms with Gasteiger partial charge in [-0.15, -0.1) is 0 Å². The summed E-state index contributed by atoms with van der Waals surface area (Å²) in [7, 11) is 0. The molecular formula is C21H46N4. The maximum absolute atomic E-state index is 3.64. The lowest BCUT2D eigenvalue weighted by atomic mass is 10.1. The lowest BCUT2D eigenvalue weighted by Crippen LogP contribution is -2.36. The predicted molar refractivity (Wildman–Crippen MR) is 111 cm³/mol. The lowest BCUT2D eigenvalue weighted by molar-refractivity contribution is 0.415. The van der Waals surface area contributed by atoms with E-state index >= 15 is 0 Å². The molecule has 0 spiro atoms. The van der Waals surface area contributed by atoms with Crippen LogP contribution in [0, 0.1) is 11.8 Å². The minimum absolute atomic E-state index is 0.255.